The van der Waals surface area contributed by atoms with Crippen LogP contribution in [0.1, 0.15) is 33.6 Å². The largest absolute Gasteiger partial charge is 0.395 e. The standard InChI is InChI=1S/C11H22N2O/c1-10(8-14)13(4)7-5-6-11(2,3)9-12/h10,14H,5-8H2,1-4H3. The van der Waals surface area contributed by atoms with Gasteiger partial charge in [0.15, 0.2) is 0 Å². The maximum atomic E-state index is 8.92. The van der Waals surface area contributed by atoms with Crippen LogP contribution in [0.25, 0.3) is 0 Å². The first-order valence-corrected chi connectivity index (χ1v) is 5.15. The molecule has 0 aliphatic heterocycles. The molecule has 0 spiro atoms. The molecule has 0 aromatic heterocycles. The fourth-order valence-electron chi connectivity index (χ4n) is 1.19. The number of aliphatic hydroxyl groups excluding tert-OH is 1. The van der Waals surface area contributed by atoms with Crippen molar-refractivity contribution in [3.63, 3.8) is 0 Å². The minimum atomic E-state index is -0.219. The average Bonchev–Trinajstić information content (AvgIpc) is 2.16. The Hall–Kier alpha value is -0.590. The molecular weight excluding hydrogens is 176 g/mol. The van der Waals surface area contributed by atoms with E-state index in [9.17, 15) is 0 Å². The zero-order valence-corrected chi connectivity index (χ0v) is 9.75. The molecule has 3 nitrogen and oxygen atoms in total. The Bertz CT molecular complexity index is 196. The van der Waals surface area contributed by atoms with Crippen LogP contribution in [-0.4, -0.2) is 36.2 Å². The molecule has 0 fully saturated rings. The summed E-state index contributed by atoms with van der Waals surface area (Å²) < 4.78 is 0. The Morgan fingerprint density at radius 1 is 1.50 bits per heavy atom. The highest BCUT2D eigenvalue weighted by molar-refractivity contribution is 4.91. The topological polar surface area (TPSA) is 47.3 Å². The zero-order valence-electron chi connectivity index (χ0n) is 9.75. The van der Waals surface area contributed by atoms with Gasteiger partial charge in [0.05, 0.1) is 18.1 Å². The first-order valence-electron chi connectivity index (χ1n) is 5.15. The van der Waals surface area contributed by atoms with Gasteiger partial charge in [-0.2, -0.15) is 5.26 Å². The van der Waals surface area contributed by atoms with Crippen LogP contribution in [0.3, 0.4) is 0 Å². The van der Waals surface area contributed by atoms with Gasteiger partial charge in [-0.3, -0.25) is 0 Å². The Kier molecular flexibility index (Phi) is 5.75. The third-order valence-electron chi connectivity index (χ3n) is 2.63. The van der Waals surface area contributed by atoms with Crippen molar-refractivity contribution in [2.75, 3.05) is 20.2 Å². The molecule has 0 radical (unpaired) electrons. The normalized spacial score (nSPS) is 14.1. The SMILES string of the molecule is CC(CO)N(C)CCCC(C)(C)C#N. The second-order valence-electron chi connectivity index (χ2n) is 4.61. The van der Waals surface area contributed by atoms with Crippen molar-refractivity contribution in [3.05, 3.63) is 0 Å². The molecule has 0 saturated heterocycles. The smallest absolute Gasteiger partial charge is 0.0683 e. The number of rotatable bonds is 6. The molecule has 0 rings (SSSR count). The van der Waals surface area contributed by atoms with Gasteiger partial charge in [-0.15, -0.1) is 0 Å². The molecular formula is C11H22N2O. The predicted octanol–water partition coefficient (Wildman–Crippen LogP) is 1.63. The summed E-state index contributed by atoms with van der Waals surface area (Å²) in [6.07, 6.45) is 1.91. The van der Waals surface area contributed by atoms with E-state index in [0.717, 1.165) is 19.4 Å². The lowest BCUT2D eigenvalue weighted by atomic mass is 9.90. The lowest BCUT2D eigenvalue weighted by Crippen LogP contribution is -2.33. The summed E-state index contributed by atoms with van der Waals surface area (Å²) in [5.41, 5.74) is -0.219. The fraction of sp³-hybridized carbons (Fsp3) is 0.909. The summed E-state index contributed by atoms with van der Waals surface area (Å²) in [4.78, 5) is 2.12. The van der Waals surface area contributed by atoms with Gasteiger partial charge in [0.2, 0.25) is 0 Å². The maximum Gasteiger partial charge on any atom is 0.0683 e. The number of hydrogen-bond donors (Lipinski definition) is 1. The van der Waals surface area contributed by atoms with Crippen molar-refractivity contribution in [1.29, 1.82) is 5.26 Å². The average molecular weight is 198 g/mol. The molecule has 1 atom stereocenters. The summed E-state index contributed by atoms with van der Waals surface area (Å²) in [6, 6.07) is 2.50. The van der Waals surface area contributed by atoms with Gasteiger partial charge < -0.3 is 10.0 Å². The van der Waals surface area contributed by atoms with Crippen LogP contribution < -0.4 is 0 Å². The summed E-state index contributed by atoms with van der Waals surface area (Å²) in [5.74, 6) is 0. The molecule has 0 aromatic carbocycles. The number of likely N-dealkylation sites (N-methyl/N-ethyl adjacent to an activating group) is 1. The summed E-state index contributed by atoms with van der Waals surface area (Å²) in [5, 5.41) is 17.7. The molecule has 0 saturated carbocycles. The maximum absolute atomic E-state index is 8.92. The van der Waals surface area contributed by atoms with E-state index in [4.69, 9.17) is 10.4 Å². The molecule has 0 heterocycles. The fourth-order valence-corrected chi connectivity index (χ4v) is 1.19. The lowest BCUT2D eigenvalue weighted by molar-refractivity contribution is 0.155. The summed E-state index contributed by atoms with van der Waals surface area (Å²) in [7, 11) is 2.00. The van der Waals surface area contributed by atoms with Gasteiger partial charge in [-0.05, 0) is 47.2 Å². The van der Waals surface area contributed by atoms with Crippen LogP contribution in [-0.2, 0) is 0 Å². The van der Waals surface area contributed by atoms with Crippen LogP contribution in [0.15, 0.2) is 0 Å². The van der Waals surface area contributed by atoms with Gasteiger partial charge in [0.1, 0.15) is 0 Å². The van der Waals surface area contributed by atoms with E-state index in [1.54, 1.807) is 0 Å². The minimum absolute atomic E-state index is 0.193. The number of aliphatic hydroxyl groups is 1. The molecule has 0 bridgehead atoms. The van der Waals surface area contributed by atoms with Gasteiger partial charge in [-0.25, -0.2) is 0 Å². The number of nitrogens with zero attached hydrogens (tertiary/aromatic N) is 2. The molecule has 0 aliphatic carbocycles. The van der Waals surface area contributed by atoms with Crippen LogP contribution in [0.5, 0.6) is 0 Å². The quantitative estimate of drug-likeness (QED) is 0.705. The van der Waals surface area contributed by atoms with E-state index in [1.807, 2.05) is 27.8 Å². The van der Waals surface area contributed by atoms with Gasteiger partial charge in [-0.1, -0.05) is 0 Å². The van der Waals surface area contributed by atoms with Crippen molar-refractivity contribution < 1.29 is 5.11 Å². The molecule has 0 amide bonds. The molecule has 82 valence electrons. The van der Waals surface area contributed by atoms with E-state index in [1.165, 1.54) is 0 Å². The third kappa shape index (κ3) is 5.21. The van der Waals surface area contributed by atoms with Crippen molar-refractivity contribution in [1.82, 2.24) is 4.90 Å². The summed E-state index contributed by atoms with van der Waals surface area (Å²) in [6.45, 7) is 7.05. The number of nitriles is 1. The minimum Gasteiger partial charge on any atom is -0.395 e. The zero-order chi connectivity index (χ0) is 11.2. The molecule has 14 heavy (non-hydrogen) atoms. The highest BCUT2D eigenvalue weighted by Gasteiger charge is 2.16. The van der Waals surface area contributed by atoms with E-state index < -0.39 is 0 Å². The Morgan fingerprint density at radius 2 is 2.07 bits per heavy atom. The van der Waals surface area contributed by atoms with Crippen molar-refractivity contribution in [2.45, 2.75) is 39.7 Å². The Labute approximate surface area is 87.3 Å². The van der Waals surface area contributed by atoms with Gasteiger partial charge >= 0.3 is 0 Å². The van der Waals surface area contributed by atoms with Gasteiger partial charge in [0.25, 0.3) is 0 Å². The first kappa shape index (κ1) is 13.4. The molecule has 3 heteroatoms. The first-order chi connectivity index (χ1) is 6.43. The van der Waals surface area contributed by atoms with E-state index in [0.29, 0.717) is 0 Å². The van der Waals surface area contributed by atoms with Crippen LogP contribution in [0, 0.1) is 16.7 Å². The van der Waals surface area contributed by atoms with E-state index in [2.05, 4.69) is 11.0 Å². The predicted molar refractivity (Wildman–Crippen MR) is 57.8 cm³/mol. The van der Waals surface area contributed by atoms with Crippen molar-refractivity contribution in [3.8, 4) is 6.07 Å². The molecule has 0 aromatic rings. The molecule has 1 N–H and O–H groups in total. The van der Waals surface area contributed by atoms with Gasteiger partial charge in [0, 0.05) is 6.04 Å². The Balaban J connectivity index is 3.70. The third-order valence-corrected chi connectivity index (χ3v) is 2.63. The van der Waals surface area contributed by atoms with Crippen LogP contribution >= 0.6 is 0 Å². The molecule has 0 aliphatic rings. The van der Waals surface area contributed by atoms with E-state index >= 15 is 0 Å². The van der Waals surface area contributed by atoms with Crippen LogP contribution in [0.4, 0.5) is 0 Å². The van der Waals surface area contributed by atoms with Crippen molar-refractivity contribution >= 4 is 0 Å². The highest BCUT2D eigenvalue weighted by Crippen LogP contribution is 2.20. The molecule has 1 unspecified atom stereocenters. The van der Waals surface area contributed by atoms with Crippen LogP contribution in [0.2, 0.25) is 0 Å². The highest BCUT2D eigenvalue weighted by atomic mass is 16.3. The summed E-state index contributed by atoms with van der Waals surface area (Å²) >= 11 is 0. The second-order valence-corrected chi connectivity index (χ2v) is 4.61. The second kappa shape index (κ2) is 6.00. The number of hydrogen-bond acceptors (Lipinski definition) is 3. The van der Waals surface area contributed by atoms with Crippen molar-refractivity contribution in [2.24, 2.45) is 5.41 Å². The Morgan fingerprint density at radius 3 is 2.50 bits per heavy atom. The monoisotopic (exact) mass is 198 g/mol. The lowest BCUT2D eigenvalue weighted by Gasteiger charge is -2.24. The van der Waals surface area contributed by atoms with E-state index in [-0.39, 0.29) is 18.1 Å².